The molecule has 20 heavy (non-hydrogen) atoms. The highest BCUT2D eigenvalue weighted by atomic mass is 35.5. The van der Waals surface area contributed by atoms with Gasteiger partial charge in [0.1, 0.15) is 5.82 Å². The molecule has 0 unspecified atom stereocenters. The molecule has 0 aliphatic rings. The Morgan fingerprint density at radius 1 is 1.25 bits per heavy atom. The Hall–Kier alpha value is -1.95. The molecule has 3 nitrogen and oxygen atoms in total. The van der Waals surface area contributed by atoms with Crippen molar-refractivity contribution < 1.29 is 13.2 Å². The number of halogens is 4. The molecule has 106 valence electrons. The fraction of sp³-hybridized carbons (Fsp3) is 0.154. The van der Waals surface area contributed by atoms with Crippen LogP contribution in [-0.2, 0) is 12.7 Å². The number of hydrogen-bond donors (Lipinski definition) is 2. The summed E-state index contributed by atoms with van der Waals surface area (Å²) in [7, 11) is 0. The summed E-state index contributed by atoms with van der Waals surface area (Å²) < 4.78 is 37.7. The topological polar surface area (TPSA) is 50.9 Å². The van der Waals surface area contributed by atoms with Crippen molar-refractivity contribution in [3.63, 3.8) is 0 Å². The fourth-order valence-electron chi connectivity index (χ4n) is 1.65. The average molecular weight is 302 g/mol. The summed E-state index contributed by atoms with van der Waals surface area (Å²) in [6.45, 7) is 0.183. The Morgan fingerprint density at radius 3 is 2.65 bits per heavy atom. The molecule has 1 aromatic heterocycles. The standard InChI is InChI=1S/C13H11ClF3N3/c14-10-5-11(18)12(20-7-10)19-6-8-2-1-3-9(4-8)13(15,16)17/h1-5,7H,6,18H2,(H,19,20). The van der Waals surface area contributed by atoms with Crippen molar-refractivity contribution in [1.29, 1.82) is 0 Å². The van der Waals surface area contributed by atoms with Crippen LogP contribution in [0.1, 0.15) is 11.1 Å². The van der Waals surface area contributed by atoms with Crippen molar-refractivity contribution in [2.75, 3.05) is 11.1 Å². The molecular formula is C13H11ClF3N3. The highest BCUT2D eigenvalue weighted by Crippen LogP contribution is 2.29. The number of hydrogen-bond acceptors (Lipinski definition) is 3. The maximum atomic E-state index is 12.6. The van der Waals surface area contributed by atoms with Gasteiger partial charge < -0.3 is 11.1 Å². The van der Waals surface area contributed by atoms with Gasteiger partial charge in [-0.15, -0.1) is 0 Å². The van der Waals surface area contributed by atoms with Crippen molar-refractivity contribution in [1.82, 2.24) is 4.98 Å². The highest BCUT2D eigenvalue weighted by molar-refractivity contribution is 6.30. The smallest absolute Gasteiger partial charge is 0.396 e. The van der Waals surface area contributed by atoms with Crippen LogP contribution < -0.4 is 11.1 Å². The molecular weight excluding hydrogens is 291 g/mol. The minimum atomic E-state index is -4.35. The van der Waals surface area contributed by atoms with E-state index in [0.29, 0.717) is 22.1 Å². The third-order valence-corrected chi connectivity index (χ3v) is 2.80. The van der Waals surface area contributed by atoms with Crippen LogP contribution in [0.15, 0.2) is 36.5 Å². The molecule has 2 aromatic rings. The molecule has 1 heterocycles. The zero-order valence-corrected chi connectivity index (χ0v) is 11.0. The highest BCUT2D eigenvalue weighted by Gasteiger charge is 2.30. The van der Waals surface area contributed by atoms with Gasteiger partial charge in [0.15, 0.2) is 0 Å². The number of benzene rings is 1. The van der Waals surface area contributed by atoms with Gasteiger partial charge in [-0.05, 0) is 23.8 Å². The molecule has 0 aliphatic carbocycles. The Bertz CT molecular complexity index is 614. The lowest BCUT2D eigenvalue weighted by Crippen LogP contribution is -2.08. The molecule has 2 rings (SSSR count). The summed E-state index contributed by atoms with van der Waals surface area (Å²) in [5, 5.41) is 3.27. The minimum absolute atomic E-state index is 0.183. The summed E-state index contributed by atoms with van der Waals surface area (Å²) in [5.41, 5.74) is 5.83. The summed E-state index contributed by atoms with van der Waals surface area (Å²) in [5.74, 6) is 0.381. The Labute approximate surface area is 118 Å². The second kappa shape index (κ2) is 5.58. The monoisotopic (exact) mass is 301 g/mol. The van der Waals surface area contributed by atoms with Gasteiger partial charge >= 0.3 is 6.18 Å². The predicted molar refractivity (Wildman–Crippen MR) is 72.4 cm³/mol. The summed E-state index contributed by atoms with van der Waals surface area (Å²) in [6, 6.07) is 6.58. The lowest BCUT2D eigenvalue weighted by molar-refractivity contribution is -0.137. The van der Waals surface area contributed by atoms with E-state index < -0.39 is 11.7 Å². The normalized spacial score (nSPS) is 11.4. The van der Waals surface area contributed by atoms with Crippen LogP contribution in [0.5, 0.6) is 0 Å². The zero-order valence-electron chi connectivity index (χ0n) is 10.2. The van der Waals surface area contributed by atoms with E-state index in [9.17, 15) is 13.2 Å². The molecule has 0 amide bonds. The van der Waals surface area contributed by atoms with Crippen molar-refractivity contribution in [2.24, 2.45) is 0 Å². The quantitative estimate of drug-likeness (QED) is 0.902. The fourth-order valence-corrected chi connectivity index (χ4v) is 1.81. The zero-order chi connectivity index (χ0) is 14.8. The molecule has 0 radical (unpaired) electrons. The molecule has 3 N–H and O–H groups in total. The first-order valence-electron chi connectivity index (χ1n) is 5.67. The second-order valence-corrected chi connectivity index (χ2v) is 4.58. The number of nitrogens with one attached hydrogen (secondary N) is 1. The molecule has 0 aliphatic heterocycles. The number of anilines is 2. The van der Waals surface area contributed by atoms with Crippen molar-refractivity contribution in [2.45, 2.75) is 12.7 Å². The van der Waals surface area contributed by atoms with Gasteiger partial charge in [0, 0.05) is 12.7 Å². The number of aromatic nitrogens is 1. The van der Waals surface area contributed by atoms with E-state index in [1.807, 2.05) is 0 Å². The number of pyridine rings is 1. The number of rotatable bonds is 3. The van der Waals surface area contributed by atoms with E-state index in [4.69, 9.17) is 17.3 Å². The number of nitrogens with two attached hydrogens (primary N) is 1. The molecule has 0 atom stereocenters. The van der Waals surface area contributed by atoms with E-state index in [-0.39, 0.29) is 6.54 Å². The molecule has 0 saturated heterocycles. The lowest BCUT2D eigenvalue weighted by atomic mass is 10.1. The van der Waals surface area contributed by atoms with Gasteiger partial charge in [0.25, 0.3) is 0 Å². The Morgan fingerprint density at radius 2 is 2.00 bits per heavy atom. The van der Waals surface area contributed by atoms with E-state index >= 15 is 0 Å². The average Bonchev–Trinajstić information content (AvgIpc) is 2.37. The van der Waals surface area contributed by atoms with Gasteiger partial charge in [-0.1, -0.05) is 23.7 Å². The maximum Gasteiger partial charge on any atom is 0.416 e. The Kier molecular flexibility index (Phi) is 4.04. The van der Waals surface area contributed by atoms with Crippen LogP contribution in [-0.4, -0.2) is 4.98 Å². The maximum absolute atomic E-state index is 12.6. The van der Waals surface area contributed by atoms with Crippen molar-refractivity contribution in [3.8, 4) is 0 Å². The van der Waals surface area contributed by atoms with Gasteiger partial charge in [-0.25, -0.2) is 4.98 Å². The molecule has 0 saturated carbocycles. The molecule has 0 fully saturated rings. The van der Waals surface area contributed by atoms with E-state index in [0.717, 1.165) is 12.1 Å². The molecule has 0 spiro atoms. The van der Waals surface area contributed by atoms with Crippen molar-refractivity contribution >= 4 is 23.1 Å². The SMILES string of the molecule is Nc1cc(Cl)cnc1NCc1cccc(C(F)(F)F)c1. The Balaban J connectivity index is 2.11. The summed E-state index contributed by atoms with van der Waals surface area (Å²) in [6.07, 6.45) is -2.94. The van der Waals surface area contributed by atoms with Crippen LogP contribution in [0, 0.1) is 0 Å². The number of nitrogen functional groups attached to an aromatic ring is 1. The van der Waals surface area contributed by atoms with Crippen LogP contribution in [0.4, 0.5) is 24.7 Å². The first-order chi connectivity index (χ1) is 9.36. The van der Waals surface area contributed by atoms with Gasteiger partial charge in [-0.2, -0.15) is 13.2 Å². The van der Waals surface area contributed by atoms with Gasteiger partial charge in [0.05, 0.1) is 16.3 Å². The lowest BCUT2D eigenvalue weighted by Gasteiger charge is -2.11. The van der Waals surface area contributed by atoms with E-state index in [2.05, 4.69) is 10.3 Å². The largest absolute Gasteiger partial charge is 0.416 e. The summed E-state index contributed by atoms with van der Waals surface area (Å²) in [4.78, 5) is 3.97. The van der Waals surface area contributed by atoms with Crippen LogP contribution in [0.3, 0.4) is 0 Å². The van der Waals surface area contributed by atoms with Crippen LogP contribution >= 0.6 is 11.6 Å². The first kappa shape index (κ1) is 14.5. The molecule has 0 bridgehead atoms. The number of nitrogens with zero attached hydrogens (tertiary/aromatic N) is 1. The van der Waals surface area contributed by atoms with Crippen LogP contribution in [0.25, 0.3) is 0 Å². The summed E-state index contributed by atoms with van der Waals surface area (Å²) >= 11 is 5.71. The third-order valence-electron chi connectivity index (χ3n) is 2.60. The van der Waals surface area contributed by atoms with Gasteiger partial charge in [0.2, 0.25) is 0 Å². The minimum Gasteiger partial charge on any atom is -0.396 e. The van der Waals surface area contributed by atoms with Crippen LogP contribution in [0.2, 0.25) is 5.02 Å². The molecule has 1 aromatic carbocycles. The number of alkyl halides is 3. The van der Waals surface area contributed by atoms with E-state index in [1.165, 1.54) is 18.3 Å². The van der Waals surface area contributed by atoms with Crippen molar-refractivity contribution in [3.05, 3.63) is 52.7 Å². The molecule has 7 heteroatoms. The second-order valence-electron chi connectivity index (χ2n) is 4.14. The predicted octanol–water partition coefficient (Wildman–Crippen LogP) is 3.95. The first-order valence-corrected chi connectivity index (χ1v) is 6.05. The third kappa shape index (κ3) is 3.54. The van der Waals surface area contributed by atoms with Gasteiger partial charge in [-0.3, -0.25) is 0 Å². The van der Waals surface area contributed by atoms with E-state index in [1.54, 1.807) is 6.07 Å².